The molecule has 138 valence electrons. The molecule has 1 aromatic carbocycles. The molecular formula is C19H19Cl2NO4. The first kappa shape index (κ1) is 20.2. The number of ketones is 2. The third kappa shape index (κ3) is 4.17. The minimum absolute atomic E-state index is 0.131. The lowest BCUT2D eigenvalue weighted by Gasteiger charge is -2.13. The molecule has 2 aromatic rings. The summed E-state index contributed by atoms with van der Waals surface area (Å²) in [6, 6.07) is 4.92. The van der Waals surface area contributed by atoms with E-state index in [0.717, 1.165) is 0 Å². The van der Waals surface area contributed by atoms with Gasteiger partial charge in [-0.15, -0.1) is 0 Å². The second-order valence-corrected chi connectivity index (χ2v) is 6.87. The van der Waals surface area contributed by atoms with Gasteiger partial charge in [-0.3, -0.25) is 14.4 Å². The molecule has 0 bridgehead atoms. The standard InChI is InChI=1S/C19H19Cl2NO4/c1-9-17(11(3)23)10(2)22-18(9)19(25)12(4)26-16(24)8-13-14(20)6-5-7-15(13)21/h5-7,12,22H,8H2,1-4H3. The highest BCUT2D eigenvalue weighted by atomic mass is 35.5. The summed E-state index contributed by atoms with van der Waals surface area (Å²) in [7, 11) is 0. The maximum Gasteiger partial charge on any atom is 0.311 e. The molecule has 0 spiro atoms. The van der Waals surface area contributed by atoms with Gasteiger partial charge in [0.15, 0.2) is 11.9 Å². The van der Waals surface area contributed by atoms with Gasteiger partial charge in [0.25, 0.3) is 0 Å². The lowest BCUT2D eigenvalue weighted by atomic mass is 10.0. The fourth-order valence-corrected chi connectivity index (χ4v) is 3.40. The van der Waals surface area contributed by atoms with Crippen LogP contribution in [-0.2, 0) is 16.0 Å². The lowest BCUT2D eigenvalue weighted by Crippen LogP contribution is -2.26. The van der Waals surface area contributed by atoms with Crippen molar-refractivity contribution >= 4 is 40.7 Å². The average molecular weight is 396 g/mol. The summed E-state index contributed by atoms with van der Waals surface area (Å²) in [6.45, 7) is 6.33. The van der Waals surface area contributed by atoms with Gasteiger partial charge in [0.2, 0.25) is 5.78 Å². The molecule has 1 aromatic heterocycles. The van der Waals surface area contributed by atoms with Crippen molar-refractivity contribution in [3.63, 3.8) is 0 Å². The molecule has 1 unspecified atom stereocenters. The summed E-state index contributed by atoms with van der Waals surface area (Å²) in [6.07, 6.45) is -1.15. The third-order valence-corrected chi connectivity index (χ3v) is 4.80. The van der Waals surface area contributed by atoms with Crippen molar-refractivity contribution in [2.75, 3.05) is 0 Å². The molecule has 1 atom stereocenters. The number of carbonyl (C=O) groups excluding carboxylic acids is 3. The van der Waals surface area contributed by atoms with Crippen LogP contribution < -0.4 is 0 Å². The van der Waals surface area contributed by atoms with E-state index in [1.54, 1.807) is 32.0 Å². The summed E-state index contributed by atoms with van der Waals surface area (Å²) in [4.78, 5) is 39.4. The fraction of sp³-hybridized carbons (Fsp3) is 0.316. The average Bonchev–Trinajstić information content (AvgIpc) is 2.85. The molecule has 5 nitrogen and oxygen atoms in total. The van der Waals surface area contributed by atoms with E-state index in [9.17, 15) is 14.4 Å². The first-order chi connectivity index (χ1) is 12.1. The molecular weight excluding hydrogens is 377 g/mol. The topological polar surface area (TPSA) is 76.2 Å². The Kier molecular flexibility index (Phi) is 6.26. The number of hydrogen-bond acceptors (Lipinski definition) is 4. The number of aromatic nitrogens is 1. The monoisotopic (exact) mass is 395 g/mol. The van der Waals surface area contributed by atoms with Crippen LogP contribution in [-0.4, -0.2) is 28.6 Å². The number of Topliss-reactive ketones (excluding diaryl/α,β-unsaturated/α-hetero) is 2. The number of benzene rings is 1. The molecule has 0 aliphatic heterocycles. The zero-order valence-electron chi connectivity index (χ0n) is 14.9. The Labute approximate surface area is 161 Å². The predicted octanol–water partition coefficient (Wildman–Crippen LogP) is 4.50. The smallest absolute Gasteiger partial charge is 0.311 e. The van der Waals surface area contributed by atoms with E-state index in [1.807, 2.05) is 0 Å². The maximum atomic E-state index is 12.6. The number of nitrogens with one attached hydrogen (secondary N) is 1. The van der Waals surface area contributed by atoms with Crippen LogP contribution in [0.3, 0.4) is 0 Å². The van der Waals surface area contributed by atoms with Crippen molar-refractivity contribution in [1.29, 1.82) is 0 Å². The second kappa shape index (κ2) is 8.06. The van der Waals surface area contributed by atoms with Crippen LogP contribution >= 0.6 is 23.2 Å². The quantitative estimate of drug-likeness (QED) is 0.576. The molecule has 1 heterocycles. The maximum absolute atomic E-state index is 12.6. The molecule has 0 aliphatic carbocycles. The Morgan fingerprint density at radius 1 is 1.15 bits per heavy atom. The highest BCUT2D eigenvalue weighted by molar-refractivity contribution is 6.36. The van der Waals surface area contributed by atoms with Crippen LogP contribution in [0.25, 0.3) is 0 Å². The minimum atomic E-state index is -1.01. The molecule has 2 rings (SSSR count). The highest BCUT2D eigenvalue weighted by Gasteiger charge is 2.26. The van der Waals surface area contributed by atoms with E-state index in [2.05, 4.69) is 4.98 Å². The summed E-state index contributed by atoms with van der Waals surface area (Å²) in [5.41, 5.74) is 2.36. The number of rotatable bonds is 6. The van der Waals surface area contributed by atoms with E-state index < -0.39 is 17.9 Å². The fourth-order valence-electron chi connectivity index (χ4n) is 2.87. The van der Waals surface area contributed by atoms with Crippen LogP contribution in [0, 0.1) is 13.8 Å². The summed E-state index contributed by atoms with van der Waals surface area (Å²) >= 11 is 12.1. The van der Waals surface area contributed by atoms with Crippen molar-refractivity contribution in [1.82, 2.24) is 4.98 Å². The number of ether oxygens (including phenoxy) is 1. The zero-order valence-corrected chi connectivity index (χ0v) is 16.4. The molecule has 0 radical (unpaired) electrons. The Balaban J connectivity index is 2.13. The van der Waals surface area contributed by atoms with E-state index in [-0.39, 0.29) is 17.9 Å². The number of H-pyrrole nitrogens is 1. The number of hydrogen-bond donors (Lipinski definition) is 1. The molecule has 0 fully saturated rings. The van der Waals surface area contributed by atoms with Gasteiger partial charge in [-0.25, -0.2) is 0 Å². The van der Waals surface area contributed by atoms with Crippen LogP contribution in [0.5, 0.6) is 0 Å². The van der Waals surface area contributed by atoms with Crippen molar-refractivity contribution in [2.45, 2.75) is 40.2 Å². The van der Waals surface area contributed by atoms with Crippen LogP contribution in [0.2, 0.25) is 10.0 Å². The van der Waals surface area contributed by atoms with Gasteiger partial charge in [-0.05, 0) is 45.4 Å². The van der Waals surface area contributed by atoms with Gasteiger partial charge in [-0.2, -0.15) is 0 Å². The highest BCUT2D eigenvalue weighted by Crippen LogP contribution is 2.25. The Bertz CT molecular complexity index is 866. The van der Waals surface area contributed by atoms with Crippen LogP contribution in [0.1, 0.15) is 51.5 Å². The minimum Gasteiger partial charge on any atom is -0.454 e. The first-order valence-electron chi connectivity index (χ1n) is 8.00. The van der Waals surface area contributed by atoms with Gasteiger partial charge < -0.3 is 9.72 Å². The van der Waals surface area contributed by atoms with E-state index in [1.165, 1.54) is 13.8 Å². The van der Waals surface area contributed by atoms with Crippen molar-refractivity contribution in [3.05, 3.63) is 56.3 Å². The zero-order chi connectivity index (χ0) is 19.6. The van der Waals surface area contributed by atoms with Gasteiger partial charge in [0, 0.05) is 26.9 Å². The largest absolute Gasteiger partial charge is 0.454 e. The molecule has 1 N–H and O–H groups in total. The van der Waals surface area contributed by atoms with Crippen molar-refractivity contribution in [2.24, 2.45) is 0 Å². The Morgan fingerprint density at radius 2 is 1.73 bits per heavy atom. The molecule has 0 saturated heterocycles. The van der Waals surface area contributed by atoms with E-state index >= 15 is 0 Å². The lowest BCUT2D eigenvalue weighted by molar-refractivity contribution is -0.145. The van der Waals surface area contributed by atoms with Crippen molar-refractivity contribution in [3.8, 4) is 0 Å². The van der Waals surface area contributed by atoms with E-state index in [4.69, 9.17) is 27.9 Å². The number of aromatic amines is 1. The van der Waals surface area contributed by atoms with Gasteiger partial charge >= 0.3 is 5.97 Å². The van der Waals surface area contributed by atoms with E-state index in [0.29, 0.717) is 32.4 Å². The molecule has 0 aliphatic rings. The summed E-state index contributed by atoms with van der Waals surface area (Å²) in [5.74, 6) is -1.15. The predicted molar refractivity (Wildman–Crippen MR) is 100 cm³/mol. The third-order valence-electron chi connectivity index (χ3n) is 4.10. The Hall–Kier alpha value is -2.11. The molecule has 0 amide bonds. The molecule has 0 saturated carbocycles. The number of halogens is 2. The van der Waals surface area contributed by atoms with Crippen molar-refractivity contribution < 1.29 is 19.1 Å². The molecule has 7 heteroatoms. The normalized spacial score (nSPS) is 11.9. The van der Waals surface area contributed by atoms with Gasteiger partial charge in [0.1, 0.15) is 0 Å². The van der Waals surface area contributed by atoms with Gasteiger partial charge in [-0.1, -0.05) is 29.3 Å². The summed E-state index contributed by atoms with van der Waals surface area (Å²) in [5, 5.41) is 0.714. The number of aryl methyl sites for hydroxylation is 1. The number of esters is 1. The second-order valence-electron chi connectivity index (χ2n) is 6.05. The SMILES string of the molecule is CC(=O)c1c(C)[nH]c(C(=O)C(C)OC(=O)Cc2c(Cl)cccc2Cl)c1C. The summed E-state index contributed by atoms with van der Waals surface area (Å²) < 4.78 is 5.23. The number of carbonyl (C=O) groups is 3. The molecule has 26 heavy (non-hydrogen) atoms. The first-order valence-corrected chi connectivity index (χ1v) is 8.75. The Morgan fingerprint density at radius 3 is 2.23 bits per heavy atom. The van der Waals surface area contributed by atoms with Crippen LogP contribution in [0.15, 0.2) is 18.2 Å². The van der Waals surface area contributed by atoms with Crippen LogP contribution in [0.4, 0.5) is 0 Å². The van der Waals surface area contributed by atoms with Gasteiger partial charge in [0.05, 0.1) is 12.1 Å².